The molecular formula is C20H22N2O3. The molecule has 0 radical (unpaired) electrons. The Morgan fingerprint density at radius 1 is 1.00 bits per heavy atom. The Balaban J connectivity index is 1.54. The topological polar surface area (TPSA) is 69.6 Å². The molecule has 2 N–H and O–H groups in total. The first-order valence-electron chi connectivity index (χ1n) is 8.55. The van der Waals surface area contributed by atoms with Crippen molar-refractivity contribution in [2.24, 2.45) is 5.92 Å². The SMILES string of the molecule is O=C(O)c1ccccc1NC(=O)N1CCC(Cc2ccccc2)CC1. The predicted octanol–water partition coefficient (Wildman–Crippen LogP) is 3.87. The Kier molecular flexibility index (Phi) is 5.33. The molecule has 1 heterocycles. The maximum atomic E-state index is 12.4. The molecule has 25 heavy (non-hydrogen) atoms. The van der Waals surface area contributed by atoms with Gasteiger partial charge in [0.15, 0.2) is 0 Å². The smallest absolute Gasteiger partial charge is 0.337 e. The molecule has 0 spiro atoms. The average Bonchev–Trinajstić information content (AvgIpc) is 2.63. The van der Waals surface area contributed by atoms with Crippen LogP contribution in [0.3, 0.4) is 0 Å². The van der Waals surface area contributed by atoms with Gasteiger partial charge in [0.05, 0.1) is 11.3 Å². The fourth-order valence-electron chi connectivity index (χ4n) is 3.26. The van der Waals surface area contributed by atoms with E-state index in [9.17, 15) is 14.7 Å². The van der Waals surface area contributed by atoms with Crippen LogP contribution in [0.25, 0.3) is 0 Å². The molecule has 5 heteroatoms. The van der Waals surface area contributed by atoms with Crippen LogP contribution in [0, 0.1) is 5.92 Å². The molecule has 1 aliphatic rings. The minimum absolute atomic E-state index is 0.106. The minimum Gasteiger partial charge on any atom is -0.478 e. The molecule has 1 fully saturated rings. The molecule has 0 atom stereocenters. The summed E-state index contributed by atoms with van der Waals surface area (Å²) in [5.41, 5.74) is 1.78. The van der Waals surface area contributed by atoms with Gasteiger partial charge in [-0.15, -0.1) is 0 Å². The highest BCUT2D eigenvalue weighted by atomic mass is 16.4. The lowest BCUT2D eigenvalue weighted by molar-refractivity contribution is 0.0698. The molecule has 0 bridgehead atoms. The summed E-state index contributed by atoms with van der Waals surface area (Å²) < 4.78 is 0. The van der Waals surface area contributed by atoms with Gasteiger partial charge in [-0.2, -0.15) is 0 Å². The molecular weight excluding hydrogens is 316 g/mol. The van der Waals surface area contributed by atoms with Gasteiger partial charge in [0.25, 0.3) is 0 Å². The number of carboxylic acids is 1. The number of amides is 2. The molecule has 0 unspecified atom stereocenters. The minimum atomic E-state index is -1.04. The van der Waals surface area contributed by atoms with Gasteiger partial charge in [-0.3, -0.25) is 0 Å². The highest BCUT2D eigenvalue weighted by Crippen LogP contribution is 2.23. The van der Waals surface area contributed by atoms with E-state index in [-0.39, 0.29) is 11.6 Å². The van der Waals surface area contributed by atoms with Crippen molar-refractivity contribution in [2.45, 2.75) is 19.3 Å². The van der Waals surface area contributed by atoms with Gasteiger partial charge in [0.2, 0.25) is 0 Å². The van der Waals surface area contributed by atoms with E-state index in [0.29, 0.717) is 24.7 Å². The number of rotatable bonds is 4. The Morgan fingerprint density at radius 3 is 2.32 bits per heavy atom. The number of urea groups is 1. The van der Waals surface area contributed by atoms with E-state index < -0.39 is 5.97 Å². The number of hydrogen-bond acceptors (Lipinski definition) is 2. The molecule has 1 aliphatic heterocycles. The van der Waals surface area contributed by atoms with Gasteiger partial charge >= 0.3 is 12.0 Å². The Labute approximate surface area is 147 Å². The quantitative estimate of drug-likeness (QED) is 0.889. The van der Waals surface area contributed by atoms with Gasteiger partial charge in [-0.05, 0) is 42.9 Å². The molecule has 1 saturated heterocycles. The number of hydrogen-bond donors (Lipinski definition) is 2. The van der Waals surface area contributed by atoms with E-state index in [1.165, 1.54) is 11.6 Å². The number of aromatic carboxylic acids is 1. The lowest BCUT2D eigenvalue weighted by atomic mass is 9.90. The van der Waals surface area contributed by atoms with Gasteiger partial charge in [0.1, 0.15) is 0 Å². The van der Waals surface area contributed by atoms with E-state index in [1.807, 2.05) is 6.07 Å². The van der Waals surface area contributed by atoms with Crippen LogP contribution in [0.4, 0.5) is 10.5 Å². The third kappa shape index (κ3) is 4.38. The summed E-state index contributed by atoms with van der Waals surface area (Å²) in [6, 6.07) is 16.6. The first-order chi connectivity index (χ1) is 12.1. The number of carboxylic acid groups (broad SMARTS) is 1. The second-order valence-corrected chi connectivity index (χ2v) is 6.40. The lowest BCUT2D eigenvalue weighted by Crippen LogP contribution is -2.41. The maximum Gasteiger partial charge on any atom is 0.337 e. The standard InChI is InChI=1S/C20H22N2O3/c23-19(24)17-8-4-5-9-18(17)21-20(25)22-12-10-16(11-13-22)14-15-6-2-1-3-7-15/h1-9,16H,10-14H2,(H,21,25)(H,23,24). The zero-order valence-electron chi connectivity index (χ0n) is 14.0. The molecule has 130 valence electrons. The monoisotopic (exact) mass is 338 g/mol. The van der Waals surface area contributed by atoms with Crippen LogP contribution in [0.1, 0.15) is 28.8 Å². The number of carbonyl (C=O) groups excluding carboxylic acids is 1. The highest BCUT2D eigenvalue weighted by molar-refractivity contribution is 5.99. The van der Waals surface area contributed by atoms with Crippen LogP contribution < -0.4 is 5.32 Å². The summed E-state index contributed by atoms with van der Waals surface area (Å²) in [4.78, 5) is 25.4. The summed E-state index contributed by atoms with van der Waals surface area (Å²) in [5.74, 6) is -0.463. The van der Waals surface area contributed by atoms with E-state index in [0.717, 1.165) is 19.3 Å². The second-order valence-electron chi connectivity index (χ2n) is 6.40. The largest absolute Gasteiger partial charge is 0.478 e. The molecule has 5 nitrogen and oxygen atoms in total. The van der Waals surface area contributed by atoms with Crippen molar-refractivity contribution in [3.05, 3.63) is 65.7 Å². The van der Waals surface area contributed by atoms with Crippen LogP contribution >= 0.6 is 0 Å². The van der Waals surface area contributed by atoms with Crippen molar-refractivity contribution in [3.8, 4) is 0 Å². The van der Waals surface area contributed by atoms with E-state index in [1.54, 1.807) is 23.1 Å². The van der Waals surface area contributed by atoms with Gasteiger partial charge in [-0.25, -0.2) is 9.59 Å². The average molecular weight is 338 g/mol. The third-order valence-corrected chi connectivity index (χ3v) is 4.67. The number of benzene rings is 2. The number of carbonyl (C=O) groups is 2. The van der Waals surface area contributed by atoms with E-state index in [2.05, 4.69) is 29.6 Å². The first-order valence-corrected chi connectivity index (χ1v) is 8.55. The fraction of sp³-hybridized carbons (Fsp3) is 0.300. The van der Waals surface area contributed by atoms with Crippen molar-refractivity contribution < 1.29 is 14.7 Å². The summed E-state index contributed by atoms with van der Waals surface area (Å²) in [6.45, 7) is 1.39. The number of anilines is 1. The van der Waals surface area contributed by atoms with Crippen molar-refractivity contribution in [1.29, 1.82) is 0 Å². The molecule has 2 aromatic carbocycles. The second kappa shape index (κ2) is 7.83. The van der Waals surface area contributed by atoms with Crippen LogP contribution in [-0.4, -0.2) is 35.1 Å². The third-order valence-electron chi connectivity index (χ3n) is 4.67. The number of nitrogens with zero attached hydrogens (tertiary/aromatic N) is 1. The molecule has 3 rings (SSSR count). The van der Waals surface area contributed by atoms with Gasteiger partial charge < -0.3 is 15.3 Å². The number of likely N-dealkylation sites (tertiary alicyclic amines) is 1. The van der Waals surface area contributed by atoms with Crippen LogP contribution in [-0.2, 0) is 6.42 Å². The first kappa shape index (κ1) is 17.0. The number of nitrogens with one attached hydrogen (secondary N) is 1. The van der Waals surface area contributed by atoms with Crippen LogP contribution in [0.5, 0.6) is 0 Å². The molecule has 0 saturated carbocycles. The maximum absolute atomic E-state index is 12.4. The van der Waals surface area contributed by atoms with Crippen LogP contribution in [0.15, 0.2) is 54.6 Å². The normalized spacial score (nSPS) is 15.0. The van der Waals surface area contributed by atoms with E-state index >= 15 is 0 Å². The zero-order valence-corrected chi connectivity index (χ0v) is 14.0. The fourth-order valence-corrected chi connectivity index (χ4v) is 3.26. The Morgan fingerprint density at radius 2 is 1.64 bits per heavy atom. The highest BCUT2D eigenvalue weighted by Gasteiger charge is 2.23. The summed E-state index contributed by atoms with van der Waals surface area (Å²) in [5, 5.41) is 11.9. The van der Waals surface area contributed by atoms with E-state index in [4.69, 9.17) is 0 Å². The molecule has 2 amide bonds. The Bertz CT molecular complexity index is 738. The summed E-state index contributed by atoms with van der Waals surface area (Å²) >= 11 is 0. The van der Waals surface area contributed by atoms with Crippen molar-refractivity contribution >= 4 is 17.7 Å². The number of piperidine rings is 1. The summed E-state index contributed by atoms with van der Waals surface area (Å²) in [6.07, 6.45) is 2.96. The van der Waals surface area contributed by atoms with Crippen molar-refractivity contribution in [2.75, 3.05) is 18.4 Å². The number of para-hydroxylation sites is 1. The molecule has 0 aromatic heterocycles. The van der Waals surface area contributed by atoms with Crippen LogP contribution in [0.2, 0.25) is 0 Å². The van der Waals surface area contributed by atoms with Gasteiger partial charge in [0, 0.05) is 13.1 Å². The lowest BCUT2D eigenvalue weighted by Gasteiger charge is -2.32. The zero-order chi connectivity index (χ0) is 17.6. The van der Waals surface area contributed by atoms with Crippen molar-refractivity contribution in [1.82, 2.24) is 4.90 Å². The molecule has 2 aromatic rings. The Hall–Kier alpha value is -2.82. The van der Waals surface area contributed by atoms with Gasteiger partial charge in [-0.1, -0.05) is 42.5 Å². The van der Waals surface area contributed by atoms with Crippen molar-refractivity contribution in [3.63, 3.8) is 0 Å². The molecule has 0 aliphatic carbocycles. The predicted molar refractivity (Wildman–Crippen MR) is 96.9 cm³/mol. The summed E-state index contributed by atoms with van der Waals surface area (Å²) in [7, 11) is 0.